The van der Waals surface area contributed by atoms with Gasteiger partial charge in [0.1, 0.15) is 0 Å². The Kier molecular flexibility index (Phi) is 6.34. The first-order valence-corrected chi connectivity index (χ1v) is 6.33. The molecule has 0 unspecified atom stereocenters. The smallest absolute Gasteiger partial charge is 0.241 e. The lowest BCUT2D eigenvalue weighted by Gasteiger charge is -2.26. The summed E-state index contributed by atoms with van der Waals surface area (Å²) in [5.41, 5.74) is 7.47. The molecule has 0 aromatic heterocycles. The fourth-order valence-corrected chi connectivity index (χ4v) is 1.85. The largest absolute Gasteiger partial charge is 0.324 e. The zero-order valence-electron chi connectivity index (χ0n) is 11.1. The third kappa shape index (κ3) is 4.59. The van der Waals surface area contributed by atoms with Crippen LogP contribution in [0.2, 0.25) is 0 Å². The molecule has 0 saturated carbocycles. The molecule has 3 nitrogen and oxygen atoms in total. The van der Waals surface area contributed by atoms with Crippen molar-refractivity contribution < 1.29 is 4.79 Å². The summed E-state index contributed by atoms with van der Waals surface area (Å²) < 4.78 is 0.994. The molecule has 1 aromatic carbocycles. The molecule has 0 aliphatic rings. The number of amides is 1. The second kappa shape index (κ2) is 6.55. The van der Waals surface area contributed by atoms with Crippen LogP contribution < -0.4 is 11.1 Å². The number of carbonyl (C=O) groups excluding carboxylic acids is 1. The molecule has 1 atom stereocenters. The van der Waals surface area contributed by atoms with E-state index in [9.17, 15) is 4.79 Å². The zero-order chi connectivity index (χ0) is 13.2. The Balaban J connectivity index is 0.00000289. The minimum absolute atomic E-state index is 0. The second-order valence-electron chi connectivity index (χ2n) is 5.29. The van der Waals surface area contributed by atoms with Crippen LogP contribution in [0.5, 0.6) is 0 Å². The van der Waals surface area contributed by atoms with Gasteiger partial charge in [-0.05, 0) is 36.1 Å². The summed E-state index contributed by atoms with van der Waals surface area (Å²) in [6.45, 7) is 7.80. The zero-order valence-corrected chi connectivity index (χ0v) is 13.5. The van der Waals surface area contributed by atoms with Crippen LogP contribution in [-0.4, -0.2) is 11.9 Å². The predicted octanol–water partition coefficient (Wildman–Crippen LogP) is 3.49. The van der Waals surface area contributed by atoms with E-state index < -0.39 is 6.04 Å². The summed E-state index contributed by atoms with van der Waals surface area (Å²) in [5.74, 6) is -0.150. The van der Waals surface area contributed by atoms with Crippen molar-refractivity contribution in [3.05, 3.63) is 28.2 Å². The molecular weight excluding hydrogens is 316 g/mol. The third-order valence-electron chi connectivity index (χ3n) is 2.66. The molecular formula is C13H20BrClN2O. The minimum atomic E-state index is -0.523. The lowest BCUT2D eigenvalue weighted by Crippen LogP contribution is -2.45. The van der Waals surface area contributed by atoms with Gasteiger partial charge in [0.15, 0.2) is 0 Å². The number of rotatable bonds is 2. The molecule has 5 heteroatoms. The number of carbonyl (C=O) groups is 1. The number of halogens is 2. The Morgan fingerprint density at radius 1 is 1.39 bits per heavy atom. The van der Waals surface area contributed by atoms with Gasteiger partial charge >= 0.3 is 0 Å². The number of nitrogens with two attached hydrogens (primary N) is 1. The maximum absolute atomic E-state index is 11.9. The Labute approximate surface area is 123 Å². The van der Waals surface area contributed by atoms with E-state index in [2.05, 4.69) is 21.2 Å². The molecule has 0 aliphatic heterocycles. The highest BCUT2D eigenvalue weighted by atomic mass is 79.9. The number of aryl methyl sites for hydroxylation is 1. The molecule has 0 aliphatic carbocycles. The van der Waals surface area contributed by atoms with E-state index >= 15 is 0 Å². The average Bonchev–Trinajstić information content (AvgIpc) is 2.19. The number of hydrogen-bond donors (Lipinski definition) is 2. The van der Waals surface area contributed by atoms with E-state index in [4.69, 9.17) is 5.73 Å². The summed E-state index contributed by atoms with van der Waals surface area (Å²) in [5, 5.41) is 2.86. The first-order chi connectivity index (χ1) is 7.71. The molecule has 0 radical (unpaired) electrons. The van der Waals surface area contributed by atoms with Crippen LogP contribution in [0.15, 0.2) is 22.7 Å². The van der Waals surface area contributed by atoms with Gasteiger partial charge in [-0.1, -0.05) is 36.7 Å². The highest BCUT2D eigenvalue weighted by Gasteiger charge is 2.27. The van der Waals surface area contributed by atoms with Crippen LogP contribution in [0.25, 0.3) is 0 Å². The van der Waals surface area contributed by atoms with Crippen molar-refractivity contribution in [3.63, 3.8) is 0 Å². The molecule has 3 N–H and O–H groups in total. The standard InChI is InChI=1S/C13H19BrN2O.ClH/c1-8-7-9(14)5-6-10(8)16-12(17)11(15)13(2,3)4;/h5-7,11H,15H2,1-4H3,(H,16,17);1H/t11-;/m1./s1. The van der Waals surface area contributed by atoms with Gasteiger partial charge in [-0.15, -0.1) is 12.4 Å². The minimum Gasteiger partial charge on any atom is -0.324 e. The van der Waals surface area contributed by atoms with Crippen molar-refractivity contribution in [3.8, 4) is 0 Å². The number of hydrogen-bond acceptors (Lipinski definition) is 2. The number of anilines is 1. The first kappa shape index (κ1) is 17.4. The number of benzene rings is 1. The van der Waals surface area contributed by atoms with Gasteiger partial charge in [0.25, 0.3) is 0 Å². The summed E-state index contributed by atoms with van der Waals surface area (Å²) in [6, 6.07) is 5.20. The summed E-state index contributed by atoms with van der Waals surface area (Å²) >= 11 is 3.39. The van der Waals surface area contributed by atoms with Gasteiger partial charge in [0.05, 0.1) is 6.04 Å². The van der Waals surface area contributed by atoms with Gasteiger partial charge in [-0.25, -0.2) is 0 Å². The fraction of sp³-hybridized carbons (Fsp3) is 0.462. The Morgan fingerprint density at radius 3 is 2.39 bits per heavy atom. The highest BCUT2D eigenvalue weighted by Crippen LogP contribution is 2.22. The van der Waals surface area contributed by atoms with Gasteiger partial charge in [0.2, 0.25) is 5.91 Å². The lowest BCUT2D eigenvalue weighted by molar-refractivity contribution is -0.119. The average molecular weight is 336 g/mol. The molecule has 18 heavy (non-hydrogen) atoms. The quantitative estimate of drug-likeness (QED) is 0.869. The highest BCUT2D eigenvalue weighted by molar-refractivity contribution is 9.10. The van der Waals surface area contributed by atoms with Crippen LogP contribution in [0.3, 0.4) is 0 Å². The van der Waals surface area contributed by atoms with E-state index in [1.54, 1.807) is 0 Å². The third-order valence-corrected chi connectivity index (χ3v) is 3.16. The van der Waals surface area contributed by atoms with E-state index in [1.807, 2.05) is 45.9 Å². The lowest BCUT2D eigenvalue weighted by atomic mass is 9.87. The van der Waals surface area contributed by atoms with Crippen molar-refractivity contribution in [2.24, 2.45) is 11.1 Å². The Morgan fingerprint density at radius 2 is 1.94 bits per heavy atom. The van der Waals surface area contributed by atoms with Crippen molar-refractivity contribution in [1.82, 2.24) is 0 Å². The van der Waals surface area contributed by atoms with Gasteiger partial charge < -0.3 is 11.1 Å². The second-order valence-corrected chi connectivity index (χ2v) is 6.21. The van der Waals surface area contributed by atoms with Crippen molar-refractivity contribution in [2.45, 2.75) is 33.7 Å². The molecule has 0 spiro atoms. The maximum atomic E-state index is 11.9. The Bertz CT molecular complexity index is 429. The van der Waals surface area contributed by atoms with Gasteiger partial charge in [-0.3, -0.25) is 4.79 Å². The predicted molar refractivity (Wildman–Crippen MR) is 82.2 cm³/mol. The molecule has 0 heterocycles. The van der Waals surface area contributed by atoms with E-state index in [1.165, 1.54) is 0 Å². The molecule has 1 amide bonds. The van der Waals surface area contributed by atoms with Crippen molar-refractivity contribution >= 4 is 39.9 Å². The normalized spacial score (nSPS) is 12.6. The molecule has 102 valence electrons. The van der Waals surface area contributed by atoms with Crippen molar-refractivity contribution in [2.75, 3.05) is 5.32 Å². The fourth-order valence-electron chi connectivity index (χ4n) is 1.37. The maximum Gasteiger partial charge on any atom is 0.241 e. The van der Waals surface area contributed by atoms with Crippen LogP contribution in [0.4, 0.5) is 5.69 Å². The van der Waals surface area contributed by atoms with E-state index in [0.717, 1.165) is 15.7 Å². The summed E-state index contributed by atoms with van der Waals surface area (Å²) in [6.07, 6.45) is 0. The van der Waals surface area contributed by atoms with Crippen LogP contribution in [0.1, 0.15) is 26.3 Å². The monoisotopic (exact) mass is 334 g/mol. The van der Waals surface area contributed by atoms with Gasteiger partial charge in [-0.2, -0.15) is 0 Å². The Hall–Kier alpha value is -0.580. The van der Waals surface area contributed by atoms with Crippen LogP contribution in [-0.2, 0) is 4.79 Å². The molecule has 0 fully saturated rings. The first-order valence-electron chi connectivity index (χ1n) is 5.54. The van der Waals surface area contributed by atoms with Gasteiger partial charge in [0, 0.05) is 10.2 Å². The van der Waals surface area contributed by atoms with Crippen LogP contribution in [0, 0.1) is 12.3 Å². The molecule has 1 rings (SSSR count). The SMILES string of the molecule is Cc1cc(Br)ccc1NC(=O)[C@@H](N)C(C)(C)C.Cl. The summed E-state index contributed by atoms with van der Waals surface area (Å²) in [4.78, 5) is 11.9. The molecule has 0 bridgehead atoms. The topological polar surface area (TPSA) is 55.1 Å². The number of nitrogens with one attached hydrogen (secondary N) is 1. The van der Waals surface area contributed by atoms with E-state index in [0.29, 0.717) is 0 Å². The van der Waals surface area contributed by atoms with E-state index in [-0.39, 0.29) is 23.7 Å². The molecule has 0 saturated heterocycles. The summed E-state index contributed by atoms with van der Waals surface area (Å²) in [7, 11) is 0. The van der Waals surface area contributed by atoms with Crippen molar-refractivity contribution in [1.29, 1.82) is 0 Å². The van der Waals surface area contributed by atoms with Crippen LogP contribution >= 0.6 is 28.3 Å². The molecule has 1 aromatic rings.